The largest absolute Gasteiger partial charge is 0.455 e. The van der Waals surface area contributed by atoms with E-state index < -0.39 is 24.5 Å². The van der Waals surface area contributed by atoms with Crippen LogP contribution in [0.3, 0.4) is 0 Å². The molecule has 0 saturated carbocycles. The fraction of sp³-hybridized carbons (Fsp3) is 0.438. The number of carbonyl (C=O) groups is 3. The van der Waals surface area contributed by atoms with Gasteiger partial charge in [-0.2, -0.15) is 0 Å². The highest BCUT2D eigenvalue weighted by Crippen LogP contribution is 2.12. The van der Waals surface area contributed by atoms with E-state index in [1.807, 2.05) is 13.8 Å². The van der Waals surface area contributed by atoms with Gasteiger partial charge in [0.15, 0.2) is 11.6 Å². The van der Waals surface area contributed by atoms with Crippen LogP contribution in [0.1, 0.15) is 19.5 Å². The number of fused-ring (bicyclic) bond motifs is 1. The predicted molar refractivity (Wildman–Crippen MR) is 103 cm³/mol. The molecule has 0 aliphatic rings. The highest BCUT2D eigenvalue weighted by molar-refractivity contribution is 7.99. The SMILES string of the molecule is CC(C)CNC(=O)NC(=O)COC(=O)CSCc1cc(=O)n2ccsc2n1. The Morgan fingerprint density at radius 2 is 2.15 bits per heavy atom. The Bertz CT molecular complexity index is 877. The molecule has 3 amide bonds. The van der Waals surface area contributed by atoms with Crippen LogP contribution in [0.25, 0.3) is 4.96 Å². The Labute approximate surface area is 163 Å². The average Bonchev–Trinajstić information content (AvgIpc) is 3.07. The lowest BCUT2D eigenvalue weighted by atomic mass is 10.2. The maximum absolute atomic E-state index is 11.9. The molecule has 146 valence electrons. The molecule has 2 N–H and O–H groups in total. The first-order valence-electron chi connectivity index (χ1n) is 8.12. The molecule has 0 fully saturated rings. The molecule has 0 bridgehead atoms. The van der Waals surface area contributed by atoms with Crippen LogP contribution in [0.5, 0.6) is 0 Å². The molecule has 0 saturated heterocycles. The topological polar surface area (TPSA) is 119 Å². The second kappa shape index (κ2) is 10.1. The average molecular weight is 412 g/mol. The van der Waals surface area contributed by atoms with Gasteiger partial charge < -0.3 is 10.1 Å². The van der Waals surface area contributed by atoms with E-state index in [2.05, 4.69) is 15.6 Å². The van der Waals surface area contributed by atoms with Crippen LogP contribution in [0, 0.1) is 5.92 Å². The number of esters is 1. The number of nitrogens with one attached hydrogen (secondary N) is 2. The summed E-state index contributed by atoms with van der Waals surface area (Å²) in [6.07, 6.45) is 1.65. The molecule has 0 atom stereocenters. The molecule has 2 aromatic rings. The fourth-order valence-corrected chi connectivity index (χ4v) is 3.34. The second-order valence-corrected chi connectivity index (χ2v) is 7.81. The van der Waals surface area contributed by atoms with Gasteiger partial charge in [0.05, 0.1) is 11.4 Å². The van der Waals surface area contributed by atoms with Crippen molar-refractivity contribution < 1.29 is 19.1 Å². The van der Waals surface area contributed by atoms with Gasteiger partial charge in [-0.15, -0.1) is 23.1 Å². The number of amides is 3. The van der Waals surface area contributed by atoms with Crippen molar-refractivity contribution in [3.63, 3.8) is 0 Å². The summed E-state index contributed by atoms with van der Waals surface area (Å²) in [5, 5.41) is 6.36. The van der Waals surface area contributed by atoms with Gasteiger partial charge in [-0.1, -0.05) is 13.8 Å². The van der Waals surface area contributed by atoms with E-state index in [-0.39, 0.29) is 17.2 Å². The third-order valence-corrected chi connectivity index (χ3v) is 4.81. The van der Waals surface area contributed by atoms with E-state index in [1.54, 1.807) is 11.6 Å². The summed E-state index contributed by atoms with van der Waals surface area (Å²) in [4.78, 5) is 51.4. The number of ether oxygens (including phenoxy) is 1. The highest BCUT2D eigenvalue weighted by atomic mass is 32.2. The van der Waals surface area contributed by atoms with E-state index >= 15 is 0 Å². The molecule has 0 aliphatic carbocycles. The van der Waals surface area contributed by atoms with Crippen molar-refractivity contribution in [1.82, 2.24) is 20.0 Å². The van der Waals surface area contributed by atoms with Crippen molar-refractivity contribution in [3.8, 4) is 0 Å². The summed E-state index contributed by atoms with van der Waals surface area (Å²) < 4.78 is 6.26. The van der Waals surface area contributed by atoms with Crippen molar-refractivity contribution >= 4 is 46.0 Å². The lowest BCUT2D eigenvalue weighted by Gasteiger charge is -2.09. The van der Waals surface area contributed by atoms with Crippen LogP contribution in [-0.4, -0.2) is 46.2 Å². The molecule has 0 aliphatic heterocycles. The lowest BCUT2D eigenvalue weighted by Crippen LogP contribution is -2.42. The van der Waals surface area contributed by atoms with Crippen molar-refractivity contribution in [2.24, 2.45) is 5.92 Å². The normalized spacial score (nSPS) is 10.8. The number of imide groups is 1. The zero-order valence-electron chi connectivity index (χ0n) is 14.9. The van der Waals surface area contributed by atoms with Crippen molar-refractivity contribution in [3.05, 3.63) is 33.7 Å². The second-order valence-electron chi connectivity index (χ2n) is 5.95. The number of thioether (sulfide) groups is 1. The summed E-state index contributed by atoms with van der Waals surface area (Å²) >= 11 is 2.57. The molecule has 27 heavy (non-hydrogen) atoms. The quantitative estimate of drug-likeness (QED) is 0.621. The third-order valence-electron chi connectivity index (χ3n) is 3.11. The minimum absolute atomic E-state index is 0.00167. The van der Waals surface area contributed by atoms with Crippen LogP contribution >= 0.6 is 23.1 Å². The van der Waals surface area contributed by atoms with E-state index in [0.29, 0.717) is 23.0 Å². The summed E-state index contributed by atoms with van der Waals surface area (Å²) in [7, 11) is 0. The van der Waals surface area contributed by atoms with Crippen LogP contribution in [0.15, 0.2) is 22.4 Å². The van der Waals surface area contributed by atoms with Crippen molar-refractivity contribution in [2.75, 3.05) is 18.9 Å². The first kappa shape index (κ1) is 20.9. The minimum atomic E-state index is -0.701. The predicted octanol–water partition coefficient (Wildman–Crippen LogP) is 1.01. The van der Waals surface area contributed by atoms with Crippen molar-refractivity contribution in [1.29, 1.82) is 0 Å². The Morgan fingerprint density at radius 1 is 1.37 bits per heavy atom. The van der Waals surface area contributed by atoms with Gasteiger partial charge in [0, 0.05) is 29.9 Å². The fourth-order valence-electron chi connectivity index (χ4n) is 1.89. The first-order valence-corrected chi connectivity index (χ1v) is 10.2. The monoisotopic (exact) mass is 412 g/mol. The van der Waals surface area contributed by atoms with E-state index in [4.69, 9.17) is 4.74 Å². The Morgan fingerprint density at radius 3 is 2.89 bits per heavy atom. The van der Waals surface area contributed by atoms with Gasteiger partial charge in [0.1, 0.15) is 0 Å². The number of thiazole rings is 1. The van der Waals surface area contributed by atoms with Crippen molar-refractivity contribution in [2.45, 2.75) is 19.6 Å². The Kier molecular flexibility index (Phi) is 7.80. The van der Waals surface area contributed by atoms with Gasteiger partial charge in [0.2, 0.25) is 0 Å². The number of nitrogens with zero attached hydrogens (tertiary/aromatic N) is 2. The molecule has 0 radical (unpaired) electrons. The number of aromatic nitrogens is 2. The van der Waals surface area contributed by atoms with Gasteiger partial charge in [-0.05, 0) is 5.92 Å². The van der Waals surface area contributed by atoms with Crippen LogP contribution in [-0.2, 0) is 20.1 Å². The summed E-state index contributed by atoms with van der Waals surface area (Å²) in [5.74, 6) is -0.674. The summed E-state index contributed by atoms with van der Waals surface area (Å²) in [6, 6.07) is 0.793. The zero-order valence-corrected chi connectivity index (χ0v) is 16.5. The summed E-state index contributed by atoms with van der Waals surface area (Å²) in [5.41, 5.74) is 0.395. The maximum Gasteiger partial charge on any atom is 0.321 e. The van der Waals surface area contributed by atoms with E-state index in [1.165, 1.54) is 33.6 Å². The molecular weight excluding hydrogens is 392 g/mol. The first-order chi connectivity index (χ1) is 12.8. The number of hydrogen-bond donors (Lipinski definition) is 2. The molecule has 2 rings (SSSR count). The zero-order chi connectivity index (χ0) is 19.8. The molecule has 2 heterocycles. The van der Waals surface area contributed by atoms with Gasteiger partial charge in [0.25, 0.3) is 11.5 Å². The number of urea groups is 1. The lowest BCUT2D eigenvalue weighted by molar-refractivity contribution is -0.145. The third kappa shape index (κ3) is 7.02. The highest BCUT2D eigenvalue weighted by Gasteiger charge is 2.12. The molecule has 0 spiro atoms. The number of rotatable bonds is 8. The van der Waals surface area contributed by atoms with Gasteiger partial charge >= 0.3 is 12.0 Å². The van der Waals surface area contributed by atoms with E-state index in [0.717, 1.165) is 0 Å². The molecule has 9 nitrogen and oxygen atoms in total. The molecule has 11 heteroatoms. The smallest absolute Gasteiger partial charge is 0.321 e. The van der Waals surface area contributed by atoms with E-state index in [9.17, 15) is 19.2 Å². The van der Waals surface area contributed by atoms with Crippen LogP contribution < -0.4 is 16.2 Å². The number of hydrogen-bond acceptors (Lipinski definition) is 8. The van der Waals surface area contributed by atoms with Crippen LogP contribution in [0.4, 0.5) is 4.79 Å². The molecule has 0 unspecified atom stereocenters. The molecular formula is C16H20N4O5S2. The van der Waals surface area contributed by atoms with Crippen LogP contribution in [0.2, 0.25) is 0 Å². The minimum Gasteiger partial charge on any atom is -0.455 e. The Balaban J connectivity index is 1.67. The number of carbonyl (C=O) groups excluding carboxylic acids is 3. The van der Waals surface area contributed by atoms with Gasteiger partial charge in [-0.3, -0.25) is 24.1 Å². The molecule has 2 aromatic heterocycles. The van der Waals surface area contributed by atoms with Gasteiger partial charge in [-0.25, -0.2) is 9.78 Å². The Hall–Kier alpha value is -2.40. The maximum atomic E-state index is 11.9. The summed E-state index contributed by atoms with van der Waals surface area (Å²) in [6.45, 7) is 3.75. The standard InChI is InChI=1S/C16H20N4O5S2/c1-10(2)6-17-15(24)19-12(21)7-25-14(23)9-26-8-11-5-13(22)20-3-4-27-16(20)18-11/h3-5,10H,6-9H2,1-2H3,(H2,17,19,21,24). The molecule has 0 aromatic carbocycles.